The fourth-order valence-electron chi connectivity index (χ4n) is 3.46. The largest absolute Gasteiger partial charge is 0.497 e. The molecule has 2 amide bonds. The third kappa shape index (κ3) is 3.77. The molecule has 0 unspecified atom stereocenters. The third-order valence-electron chi connectivity index (χ3n) is 5.12. The highest BCUT2D eigenvalue weighted by atomic mass is 16.5. The predicted octanol–water partition coefficient (Wildman–Crippen LogP) is 4.90. The lowest BCUT2D eigenvalue weighted by Gasteiger charge is -2.41. The maximum atomic E-state index is 12.6. The average Bonchev–Trinajstić information content (AvgIpc) is 2.67. The van der Waals surface area contributed by atoms with Gasteiger partial charge >= 0.3 is 6.03 Å². The number of para-hydroxylation sites is 1. The molecule has 1 aliphatic heterocycles. The zero-order valence-corrected chi connectivity index (χ0v) is 15.5. The van der Waals surface area contributed by atoms with E-state index in [1.165, 1.54) is 0 Å². The quantitative estimate of drug-likeness (QED) is 0.803. The van der Waals surface area contributed by atoms with Crippen molar-refractivity contribution in [3.05, 3.63) is 54.1 Å². The molecule has 1 aliphatic rings. The molecule has 0 bridgehead atoms. The molecule has 0 spiro atoms. The molecule has 138 valence electrons. The molecule has 0 saturated carbocycles. The number of anilines is 1. The minimum Gasteiger partial charge on any atom is -0.497 e. The maximum absolute atomic E-state index is 12.6. The Labute approximate surface area is 154 Å². The van der Waals surface area contributed by atoms with Gasteiger partial charge < -0.3 is 20.1 Å². The van der Waals surface area contributed by atoms with Gasteiger partial charge in [-0.3, -0.25) is 0 Å². The molecular weight excluding hydrogens is 328 g/mol. The summed E-state index contributed by atoms with van der Waals surface area (Å²) < 4.78 is 11.5. The van der Waals surface area contributed by atoms with Gasteiger partial charge in [0.1, 0.15) is 17.1 Å². The van der Waals surface area contributed by atoms with E-state index in [9.17, 15) is 4.79 Å². The zero-order valence-electron chi connectivity index (χ0n) is 15.5. The van der Waals surface area contributed by atoms with Crippen LogP contribution in [0.25, 0.3) is 0 Å². The molecule has 0 radical (unpaired) electrons. The molecule has 5 nitrogen and oxygen atoms in total. The van der Waals surface area contributed by atoms with Crippen LogP contribution in [0.4, 0.5) is 10.5 Å². The number of benzene rings is 2. The zero-order chi connectivity index (χ0) is 18.6. The second kappa shape index (κ2) is 7.68. The lowest BCUT2D eigenvalue weighted by atomic mass is 9.83. The van der Waals surface area contributed by atoms with Gasteiger partial charge in [0.05, 0.1) is 13.2 Å². The lowest BCUT2D eigenvalue weighted by molar-refractivity contribution is 0.0247. The lowest BCUT2D eigenvalue weighted by Crippen LogP contribution is -2.45. The molecule has 0 aromatic heterocycles. The minimum atomic E-state index is -0.248. The van der Waals surface area contributed by atoms with Crippen molar-refractivity contribution in [3.63, 3.8) is 0 Å². The Morgan fingerprint density at radius 1 is 1.19 bits per heavy atom. The van der Waals surface area contributed by atoms with Gasteiger partial charge in [-0.15, -0.1) is 0 Å². The number of rotatable bonds is 5. The number of carbonyl (C=O) groups is 1. The number of hydrogen-bond donors (Lipinski definition) is 2. The van der Waals surface area contributed by atoms with Gasteiger partial charge in [-0.25, -0.2) is 4.79 Å². The van der Waals surface area contributed by atoms with Crippen molar-refractivity contribution < 1.29 is 14.3 Å². The molecular formula is C21H26N2O3. The van der Waals surface area contributed by atoms with Crippen LogP contribution in [-0.2, 0) is 0 Å². The van der Waals surface area contributed by atoms with Gasteiger partial charge in [0.2, 0.25) is 0 Å². The van der Waals surface area contributed by atoms with Crippen molar-refractivity contribution in [3.8, 4) is 11.5 Å². The summed E-state index contributed by atoms with van der Waals surface area (Å²) in [6, 6.07) is 14.9. The van der Waals surface area contributed by atoms with E-state index in [1.807, 2.05) is 42.5 Å². The summed E-state index contributed by atoms with van der Waals surface area (Å²) >= 11 is 0. The number of hydrogen-bond acceptors (Lipinski definition) is 3. The van der Waals surface area contributed by atoms with Crippen LogP contribution < -0.4 is 20.1 Å². The summed E-state index contributed by atoms with van der Waals surface area (Å²) in [6.07, 6.45) is 2.55. The standard InChI is InChI=1S/C21H26N2O3/c1-4-21(5-2)14-18(17-11-6-7-12-19(17)26-21)23-20(24)22-15-9-8-10-16(13-15)25-3/h6-13,18H,4-5,14H2,1-3H3,(H2,22,23,24)/t18-/m1/s1. The molecule has 1 heterocycles. The summed E-state index contributed by atoms with van der Waals surface area (Å²) in [5.74, 6) is 1.56. The summed E-state index contributed by atoms with van der Waals surface area (Å²) in [5, 5.41) is 6.00. The van der Waals surface area contributed by atoms with Crippen LogP contribution >= 0.6 is 0 Å². The van der Waals surface area contributed by atoms with Crippen LogP contribution in [0, 0.1) is 0 Å². The molecule has 2 aromatic carbocycles. The first kappa shape index (κ1) is 18.1. The van der Waals surface area contributed by atoms with E-state index < -0.39 is 0 Å². The Bertz CT molecular complexity index is 771. The van der Waals surface area contributed by atoms with Gasteiger partial charge in [0.15, 0.2) is 0 Å². The van der Waals surface area contributed by atoms with Gasteiger partial charge in [0.25, 0.3) is 0 Å². The smallest absolute Gasteiger partial charge is 0.319 e. The number of fused-ring (bicyclic) bond motifs is 1. The molecule has 2 N–H and O–H groups in total. The molecule has 0 saturated heterocycles. The van der Waals surface area contributed by atoms with Crippen LogP contribution in [0.15, 0.2) is 48.5 Å². The maximum Gasteiger partial charge on any atom is 0.319 e. The fourth-order valence-corrected chi connectivity index (χ4v) is 3.46. The van der Waals surface area contributed by atoms with Crippen LogP contribution in [0.5, 0.6) is 11.5 Å². The number of amides is 2. The fraction of sp³-hybridized carbons (Fsp3) is 0.381. The normalized spacial score (nSPS) is 17.6. The monoisotopic (exact) mass is 354 g/mol. The van der Waals surface area contributed by atoms with Crippen molar-refractivity contribution in [1.82, 2.24) is 5.32 Å². The second-order valence-electron chi connectivity index (χ2n) is 6.62. The number of methoxy groups -OCH3 is 1. The number of nitrogens with one attached hydrogen (secondary N) is 2. The first-order chi connectivity index (χ1) is 12.6. The Hall–Kier alpha value is -2.69. The van der Waals surface area contributed by atoms with E-state index in [0.717, 1.165) is 30.6 Å². The van der Waals surface area contributed by atoms with E-state index >= 15 is 0 Å². The SMILES string of the molecule is CCC1(CC)C[C@@H](NC(=O)Nc2cccc(OC)c2)c2ccccc2O1. The second-order valence-corrected chi connectivity index (χ2v) is 6.62. The number of urea groups is 1. The van der Waals surface area contributed by atoms with Gasteiger partial charge in [-0.1, -0.05) is 38.1 Å². The molecule has 0 aliphatic carbocycles. The van der Waals surface area contributed by atoms with Gasteiger partial charge in [-0.05, 0) is 31.0 Å². The van der Waals surface area contributed by atoms with E-state index in [0.29, 0.717) is 11.4 Å². The van der Waals surface area contributed by atoms with E-state index in [2.05, 4.69) is 24.5 Å². The number of ether oxygens (including phenoxy) is 2. The Morgan fingerprint density at radius 2 is 1.96 bits per heavy atom. The molecule has 1 atom stereocenters. The van der Waals surface area contributed by atoms with Crippen LogP contribution in [0.3, 0.4) is 0 Å². The molecule has 3 rings (SSSR count). The Balaban J connectivity index is 1.78. The Morgan fingerprint density at radius 3 is 2.69 bits per heavy atom. The average molecular weight is 354 g/mol. The first-order valence-corrected chi connectivity index (χ1v) is 9.08. The van der Waals surface area contributed by atoms with Crippen molar-refractivity contribution in [1.29, 1.82) is 0 Å². The highest BCUT2D eigenvalue weighted by molar-refractivity contribution is 5.89. The van der Waals surface area contributed by atoms with Crippen LogP contribution in [0.2, 0.25) is 0 Å². The van der Waals surface area contributed by atoms with Crippen molar-refractivity contribution >= 4 is 11.7 Å². The third-order valence-corrected chi connectivity index (χ3v) is 5.12. The summed E-state index contributed by atoms with van der Waals surface area (Å²) in [7, 11) is 1.60. The highest BCUT2D eigenvalue weighted by Crippen LogP contribution is 2.42. The van der Waals surface area contributed by atoms with Crippen molar-refractivity contribution in [2.75, 3.05) is 12.4 Å². The Kier molecular flexibility index (Phi) is 5.35. The van der Waals surface area contributed by atoms with Crippen LogP contribution in [-0.4, -0.2) is 18.7 Å². The molecule has 2 aromatic rings. The highest BCUT2D eigenvalue weighted by Gasteiger charge is 2.38. The van der Waals surface area contributed by atoms with Gasteiger partial charge in [-0.2, -0.15) is 0 Å². The summed E-state index contributed by atoms with van der Waals surface area (Å²) in [5.41, 5.74) is 1.47. The summed E-state index contributed by atoms with van der Waals surface area (Å²) in [4.78, 5) is 12.6. The molecule has 5 heteroatoms. The minimum absolute atomic E-state index is 0.0922. The van der Waals surface area contributed by atoms with Gasteiger partial charge in [0, 0.05) is 23.7 Å². The van der Waals surface area contributed by atoms with E-state index in [4.69, 9.17) is 9.47 Å². The molecule has 0 fully saturated rings. The molecule has 26 heavy (non-hydrogen) atoms. The predicted molar refractivity (Wildman–Crippen MR) is 103 cm³/mol. The summed E-state index contributed by atoms with van der Waals surface area (Å²) in [6.45, 7) is 4.26. The van der Waals surface area contributed by atoms with Crippen molar-refractivity contribution in [2.45, 2.75) is 44.8 Å². The van der Waals surface area contributed by atoms with E-state index in [-0.39, 0.29) is 17.7 Å². The van der Waals surface area contributed by atoms with E-state index in [1.54, 1.807) is 13.2 Å². The van der Waals surface area contributed by atoms with Crippen molar-refractivity contribution in [2.24, 2.45) is 0 Å². The topological polar surface area (TPSA) is 59.6 Å². The first-order valence-electron chi connectivity index (χ1n) is 9.08. The van der Waals surface area contributed by atoms with Crippen LogP contribution in [0.1, 0.15) is 44.7 Å². The number of carbonyl (C=O) groups excluding carboxylic acids is 1.